The molecule has 0 aromatic carbocycles. The lowest BCUT2D eigenvalue weighted by molar-refractivity contribution is 0.145. The molecule has 4 heteroatoms. The maximum absolute atomic E-state index is 9.47. The summed E-state index contributed by atoms with van der Waals surface area (Å²) < 4.78 is 2.04. The summed E-state index contributed by atoms with van der Waals surface area (Å²) in [6.07, 6.45) is 6.26. The summed E-state index contributed by atoms with van der Waals surface area (Å²) in [7, 11) is 0. The van der Waals surface area contributed by atoms with E-state index < -0.39 is 0 Å². The number of likely N-dealkylation sites (tertiary alicyclic amines) is 1. The molecule has 0 bridgehead atoms. The lowest BCUT2D eigenvalue weighted by atomic mass is 9.90. The summed E-state index contributed by atoms with van der Waals surface area (Å²) in [6.45, 7) is 5.11. The summed E-state index contributed by atoms with van der Waals surface area (Å²) in [5.41, 5.74) is 9.10. The molecule has 1 fully saturated rings. The SMILES string of the molecule is CCC1CN(Cc2cn3ccccc3c2C#N)CCC1N. The standard InChI is InChI=1S/C17H22N4/c1-2-13-10-20(8-6-16(13)19)11-14-12-21-7-4-3-5-17(21)15(14)9-18/h3-5,7,12-13,16H,2,6,8,10-11,19H2,1H3. The Labute approximate surface area is 125 Å². The molecule has 3 rings (SSSR count). The number of hydrogen-bond donors (Lipinski definition) is 1. The van der Waals surface area contributed by atoms with Crippen LogP contribution < -0.4 is 5.73 Å². The third kappa shape index (κ3) is 2.67. The predicted molar refractivity (Wildman–Crippen MR) is 83.8 cm³/mol. The molecule has 4 nitrogen and oxygen atoms in total. The molecular weight excluding hydrogens is 260 g/mol. The molecule has 2 N–H and O–H groups in total. The van der Waals surface area contributed by atoms with Crippen LogP contribution in [-0.4, -0.2) is 28.4 Å². The fourth-order valence-electron chi connectivity index (χ4n) is 3.37. The van der Waals surface area contributed by atoms with Gasteiger partial charge in [0.2, 0.25) is 0 Å². The molecule has 0 radical (unpaired) electrons. The number of rotatable bonds is 3. The van der Waals surface area contributed by atoms with Gasteiger partial charge in [0.15, 0.2) is 0 Å². The molecule has 0 saturated carbocycles. The van der Waals surface area contributed by atoms with Gasteiger partial charge in [-0.25, -0.2) is 0 Å². The van der Waals surface area contributed by atoms with Gasteiger partial charge in [-0.1, -0.05) is 19.4 Å². The number of piperidine rings is 1. The van der Waals surface area contributed by atoms with Crippen LogP contribution in [0, 0.1) is 17.2 Å². The zero-order valence-electron chi connectivity index (χ0n) is 12.5. The van der Waals surface area contributed by atoms with Crippen molar-refractivity contribution in [3.8, 4) is 6.07 Å². The van der Waals surface area contributed by atoms with E-state index in [0.717, 1.165) is 49.1 Å². The van der Waals surface area contributed by atoms with Crippen molar-refractivity contribution >= 4 is 5.52 Å². The first kappa shape index (κ1) is 14.1. The van der Waals surface area contributed by atoms with Gasteiger partial charge < -0.3 is 10.1 Å². The van der Waals surface area contributed by atoms with Gasteiger partial charge in [0.05, 0.1) is 11.1 Å². The van der Waals surface area contributed by atoms with Crippen molar-refractivity contribution in [2.45, 2.75) is 32.4 Å². The number of hydrogen-bond acceptors (Lipinski definition) is 3. The largest absolute Gasteiger partial charge is 0.327 e. The van der Waals surface area contributed by atoms with Crippen LogP contribution in [0.15, 0.2) is 30.6 Å². The maximum Gasteiger partial charge on any atom is 0.102 e. The molecular formula is C17H22N4. The van der Waals surface area contributed by atoms with E-state index in [2.05, 4.69) is 24.1 Å². The minimum atomic E-state index is 0.329. The first-order valence-corrected chi connectivity index (χ1v) is 7.69. The van der Waals surface area contributed by atoms with E-state index in [1.807, 2.05) is 28.8 Å². The normalized spacial score (nSPS) is 23.3. The predicted octanol–water partition coefficient (Wildman–Crippen LogP) is 2.37. The number of nitrogens with zero attached hydrogens (tertiary/aromatic N) is 3. The van der Waals surface area contributed by atoms with Crippen LogP contribution in [0.5, 0.6) is 0 Å². The van der Waals surface area contributed by atoms with Crippen LogP contribution in [0.1, 0.15) is 30.9 Å². The Balaban J connectivity index is 1.84. The van der Waals surface area contributed by atoms with Crippen molar-refractivity contribution in [1.82, 2.24) is 9.30 Å². The second-order valence-electron chi connectivity index (χ2n) is 5.99. The second kappa shape index (κ2) is 5.88. The Hall–Kier alpha value is -1.83. The third-order valence-electron chi connectivity index (χ3n) is 4.67. The highest BCUT2D eigenvalue weighted by atomic mass is 15.1. The highest BCUT2D eigenvalue weighted by Crippen LogP contribution is 2.23. The van der Waals surface area contributed by atoms with E-state index in [1.165, 1.54) is 0 Å². The molecule has 1 aliphatic rings. The first-order valence-electron chi connectivity index (χ1n) is 7.69. The fraction of sp³-hybridized carbons (Fsp3) is 0.471. The topological polar surface area (TPSA) is 57.5 Å². The van der Waals surface area contributed by atoms with E-state index in [-0.39, 0.29) is 0 Å². The van der Waals surface area contributed by atoms with Crippen molar-refractivity contribution in [1.29, 1.82) is 5.26 Å². The van der Waals surface area contributed by atoms with E-state index in [9.17, 15) is 5.26 Å². The molecule has 0 amide bonds. The van der Waals surface area contributed by atoms with Gasteiger partial charge in [-0.15, -0.1) is 0 Å². The van der Waals surface area contributed by atoms with Crippen molar-refractivity contribution in [2.75, 3.05) is 13.1 Å². The Kier molecular flexibility index (Phi) is 3.96. The lowest BCUT2D eigenvalue weighted by Crippen LogP contribution is -2.46. The average Bonchev–Trinajstić information content (AvgIpc) is 2.86. The van der Waals surface area contributed by atoms with Crippen LogP contribution >= 0.6 is 0 Å². The molecule has 21 heavy (non-hydrogen) atoms. The van der Waals surface area contributed by atoms with E-state index in [1.54, 1.807) is 0 Å². The van der Waals surface area contributed by atoms with Crippen LogP contribution in [0.4, 0.5) is 0 Å². The van der Waals surface area contributed by atoms with Gasteiger partial charge in [-0.05, 0) is 31.0 Å². The summed E-state index contributed by atoms with van der Waals surface area (Å²) in [5, 5.41) is 9.47. The molecule has 0 aliphatic carbocycles. The van der Waals surface area contributed by atoms with E-state index >= 15 is 0 Å². The van der Waals surface area contributed by atoms with Crippen LogP contribution in [0.2, 0.25) is 0 Å². The van der Waals surface area contributed by atoms with Crippen molar-refractivity contribution in [3.63, 3.8) is 0 Å². The van der Waals surface area contributed by atoms with Gasteiger partial charge in [0.25, 0.3) is 0 Å². The van der Waals surface area contributed by atoms with E-state index in [4.69, 9.17) is 5.73 Å². The van der Waals surface area contributed by atoms with Gasteiger partial charge in [-0.3, -0.25) is 4.90 Å². The molecule has 0 spiro atoms. The highest BCUT2D eigenvalue weighted by Gasteiger charge is 2.26. The van der Waals surface area contributed by atoms with Gasteiger partial charge in [0, 0.05) is 37.1 Å². The van der Waals surface area contributed by atoms with Gasteiger partial charge in [0.1, 0.15) is 6.07 Å². The molecule has 2 unspecified atom stereocenters. The van der Waals surface area contributed by atoms with Crippen molar-refractivity contribution in [3.05, 3.63) is 41.7 Å². The molecule has 3 heterocycles. The Morgan fingerprint density at radius 1 is 1.43 bits per heavy atom. The van der Waals surface area contributed by atoms with Crippen molar-refractivity contribution < 1.29 is 0 Å². The Bertz CT molecular complexity index is 667. The number of fused-ring (bicyclic) bond motifs is 1. The van der Waals surface area contributed by atoms with Crippen LogP contribution in [0.25, 0.3) is 5.52 Å². The van der Waals surface area contributed by atoms with Crippen LogP contribution in [-0.2, 0) is 6.54 Å². The number of nitrogens with two attached hydrogens (primary N) is 1. The summed E-state index contributed by atoms with van der Waals surface area (Å²) in [4.78, 5) is 2.44. The molecule has 1 saturated heterocycles. The minimum absolute atomic E-state index is 0.329. The lowest BCUT2D eigenvalue weighted by Gasteiger charge is -2.36. The van der Waals surface area contributed by atoms with Gasteiger partial charge in [-0.2, -0.15) is 5.26 Å². The smallest absolute Gasteiger partial charge is 0.102 e. The number of aromatic nitrogens is 1. The molecule has 1 aliphatic heterocycles. The molecule has 110 valence electrons. The molecule has 2 aromatic heterocycles. The molecule has 2 atom stereocenters. The zero-order chi connectivity index (χ0) is 14.8. The van der Waals surface area contributed by atoms with E-state index in [0.29, 0.717) is 12.0 Å². The number of pyridine rings is 1. The summed E-state index contributed by atoms with van der Waals surface area (Å²) in [5.74, 6) is 0.571. The third-order valence-corrected chi connectivity index (χ3v) is 4.67. The average molecular weight is 282 g/mol. The van der Waals surface area contributed by atoms with Gasteiger partial charge >= 0.3 is 0 Å². The fourth-order valence-corrected chi connectivity index (χ4v) is 3.37. The highest BCUT2D eigenvalue weighted by molar-refractivity contribution is 5.65. The first-order chi connectivity index (χ1) is 10.2. The Morgan fingerprint density at radius 3 is 3.05 bits per heavy atom. The monoisotopic (exact) mass is 282 g/mol. The van der Waals surface area contributed by atoms with Crippen molar-refractivity contribution in [2.24, 2.45) is 11.7 Å². The quantitative estimate of drug-likeness (QED) is 0.940. The summed E-state index contributed by atoms with van der Waals surface area (Å²) in [6, 6.07) is 8.67. The maximum atomic E-state index is 9.47. The second-order valence-corrected chi connectivity index (χ2v) is 5.99. The van der Waals surface area contributed by atoms with Crippen LogP contribution in [0.3, 0.4) is 0 Å². The Morgan fingerprint density at radius 2 is 2.29 bits per heavy atom. The zero-order valence-corrected chi connectivity index (χ0v) is 12.5. The molecule has 2 aromatic rings. The summed E-state index contributed by atoms with van der Waals surface area (Å²) >= 11 is 0. The number of nitriles is 1. The minimum Gasteiger partial charge on any atom is -0.327 e.